The van der Waals surface area contributed by atoms with E-state index in [-0.39, 0.29) is 24.6 Å². The maximum atomic E-state index is 11.2. The fourth-order valence-corrected chi connectivity index (χ4v) is 0.978. The summed E-state index contributed by atoms with van der Waals surface area (Å²) in [6.45, 7) is 2.02. The molecule has 0 aromatic carbocycles. The van der Waals surface area contributed by atoms with Crippen molar-refractivity contribution in [1.82, 2.24) is 15.0 Å². The first kappa shape index (κ1) is 10.4. The van der Waals surface area contributed by atoms with Gasteiger partial charge in [0.05, 0.1) is 0 Å². The average Bonchev–Trinajstić information content (AvgIpc) is 2.16. The molecule has 0 radical (unpaired) electrons. The highest BCUT2D eigenvalue weighted by Gasteiger charge is 2.01. The smallest absolute Gasteiger partial charge is 0.299 e. The summed E-state index contributed by atoms with van der Waals surface area (Å²) in [7, 11) is 0. The highest BCUT2D eigenvalue weighted by Crippen LogP contribution is 1.89. The zero-order valence-corrected chi connectivity index (χ0v) is 7.86. The van der Waals surface area contributed by atoms with Gasteiger partial charge in [-0.05, 0) is 13.0 Å². The molecule has 0 aliphatic heterocycles. The highest BCUT2D eigenvalue weighted by atomic mass is 16.2. The van der Waals surface area contributed by atoms with Gasteiger partial charge >= 0.3 is 5.69 Å². The second-order valence-corrected chi connectivity index (χ2v) is 2.86. The van der Waals surface area contributed by atoms with Crippen LogP contribution in [0.5, 0.6) is 0 Å². The molecular weight excluding hydrogens is 184 g/mol. The molecule has 0 fully saturated rings. The van der Waals surface area contributed by atoms with Crippen molar-refractivity contribution in [2.75, 3.05) is 0 Å². The quantitative estimate of drug-likeness (QED) is 0.366. The van der Waals surface area contributed by atoms with Crippen molar-refractivity contribution in [2.45, 2.75) is 19.9 Å². The van der Waals surface area contributed by atoms with E-state index in [1.165, 1.54) is 4.57 Å². The lowest BCUT2D eigenvalue weighted by Gasteiger charge is -2.03. The first-order valence-corrected chi connectivity index (χ1v) is 4.17. The minimum Gasteiger partial charge on any atom is -0.299 e. The minimum atomic E-state index is -0.352. The second kappa shape index (κ2) is 4.52. The van der Waals surface area contributed by atoms with Gasteiger partial charge < -0.3 is 0 Å². The van der Waals surface area contributed by atoms with E-state index in [9.17, 15) is 9.59 Å². The standard InChI is InChI=1S/C8H12N4O2/c1-6-2-4-12(8(14)10-6)5-3-7(13)11-9/h2,4H,3,5,9H2,1H3,(H,11,13). The number of hydrazine groups is 1. The number of rotatable bonds is 3. The third-order valence-electron chi connectivity index (χ3n) is 1.75. The molecule has 1 heterocycles. The largest absolute Gasteiger partial charge is 0.347 e. The van der Waals surface area contributed by atoms with Gasteiger partial charge in [-0.1, -0.05) is 0 Å². The lowest BCUT2D eigenvalue weighted by atomic mass is 10.4. The number of amides is 1. The lowest BCUT2D eigenvalue weighted by molar-refractivity contribution is -0.121. The van der Waals surface area contributed by atoms with Crippen LogP contribution in [0.1, 0.15) is 12.1 Å². The molecule has 14 heavy (non-hydrogen) atoms. The Kier molecular flexibility index (Phi) is 3.35. The van der Waals surface area contributed by atoms with Gasteiger partial charge in [0.15, 0.2) is 0 Å². The van der Waals surface area contributed by atoms with Crippen LogP contribution in [-0.2, 0) is 11.3 Å². The Balaban J connectivity index is 2.68. The van der Waals surface area contributed by atoms with E-state index in [4.69, 9.17) is 5.84 Å². The Hall–Kier alpha value is -1.69. The van der Waals surface area contributed by atoms with E-state index in [2.05, 4.69) is 4.98 Å². The van der Waals surface area contributed by atoms with Crippen LogP contribution in [0.15, 0.2) is 17.1 Å². The molecule has 3 N–H and O–H groups in total. The van der Waals surface area contributed by atoms with Crippen LogP contribution >= 0.6 is 0 Å². The Morgan fingerprint density at radius 1 is 1.71 bits per heavy atom. The maximum Gasteiger partial charge on any atom is 0.347 e. The first-order chi connectivity index (χ1) is 6.63. The Morgan fingerprint density at radius 2 is 2.43 bits per heavy atom. The van der Waals surface area contributed by atoms with E-state index in [0.717, 1.165) is 0 Å². The molecule has 0 aliphatic carbocycles. The number of aromatic nitrogens is 2. The Labute approximate surface area is 80.7 Å². The monoisotopic (exact) mass is 196 g/mol. The summed E-state index contributed by atoms with van der Waals surface area (Å²) >= 11 is 0. The molecular formula is C8H12N4O2. The van der Waals surface area contributed by atoms with Crippen LogP contribution in [0.3, 0.4) is 0 Å². The number of hydrogen-bond acceptors (Lipinski definition) is 4. The number of carbonyl (C=O) groups is 1. The van der Waals surface area contributed by atoms with Gasteiger partial charge in [-0.2, -0.15) is 4.98 Å². The first-order valence-electron chi connectivity index (χ1n) is 4.17. The molecule has 6 heteroatoms. The molecule has 0 saturated carbocycles. The van der Waals surface area contributed by atoms with Crippen LogP contribution in [0.4, 0.5) is 0 Å². The topological polar surface area (TPSA) is 90.0 Å². The van der Waals surface area contributed by atoms with Gasteiger partial charge in [0, 0.05) is 24.9 Å². The second-order valence-electron chi connectivity index (χ2n) is 2.86. The average molecular weight is 196 g/mol. The molecule has 1 aromatic heterocycles. The molecule has 1 amide bonds. The molecule has 0 aliphatic rings. The fraction of sp³-hybridized carbons (Fsp3) is 0.375. The zero-order chi connectivity index (χ0) is 10.6. The van der Waals surface area contributed by atoms with Crippen LogP contribution < -0.4 is 17.0 Å². The molecule has 1 aromatic rings. The van der Waals surface area contributed by atoms with Crippen LogP contribution in [0, 0.1) is 6.92 Å². The van der Waals surface area contributed by atoms with E-state index >= 15 is 0 Å². The highest BCUT2D eigenvalue weighted by molar-refractivity contribution is 5.74. The van der Waals surface area contributed by atoms with E-state index in [0.29, 0.717) is 5.69 Å². The maximum absolute atomic E-state index is 11.2. The molecule has 0 saturated heterocycles. The summed E-state index contributed by atoms with van der Waals surface area (Å²) in [6.07, 6.45) is 1.77. The van der Waals surface area contributed by atoms with Gasteiger partial charge in [-0.15, -0.1) is 0 Å². The van der Waals surface area contributed by atoms with Crippen molar-refractivity contribution in [3.8, 4) is 0 Å². The minimum absolute atomic E-state index is 0.168. The fourth-order valence-electron chi connectivity index (χ4n) is 0.978. The molecule has 76 valence electrons. The van der Waals surface area contributed by atoms with Crippen LogP contribution in [0.25, 0.3) is 0 Å². The summed E-state index contributed by atoms with van der Waals surface area (Å²) in [5.74, 6) is 4.59. The van der Waals surface area contributed by atoms with Crippen molar-refractivity contribution in [1.29, 1.82) is 0 Å². The van der Waals surface area contributed by atoms with Gasteiger partial charge in [0.2, 0.25) is 5.91 Å². The third-order valence-corrected chi connectivity index (χ3v) is 1.75. The van der Waals surface area contributed by atoms with Gasteiger partial charge in [0.25, 0.3) is 0 Å². The number of nitrogens with two attached hydrogens (primary N) is 1. The van der Waals surface area contributed by atoms with Crippen LogP contribution in [-0.4, -0.2) is 15.5 Å². The summed E-state index contributed by atoms with van der Waals surface area (Å²) < 4.78 is 1.36. The molecule has 1 rings (SSSR count). The van der Waals surface area contributed by atoms with Crippen molar-refractivity contribution >= 4 is 5.91 Å². The van der Waals surface area contributed by atoms with Gasteiger partial charge in [-0.3, -0.25) is 14.8 Å². The van der Waals surface area contributed by atoms with E-state index in [1.807, 2.05) is 5.43 Å². The van der Waals surface area contributed by atoms with Gasteiger partial charge in [-0.25, -0.2) is 10.6 Å². The van der Waals surface area contributed by atoms with Gasteiger partial charge in [0.1, 0.15) is 0 Å². The normalized spacial score (nSPS) is 9.86. The SMILES string of the molecule is Cc1ccn(CCC(=O)NN)c(=O)n1. The third kappa shape index (κ3) is 2.67. The number of aryl methyl sites for hydroxylation is 2. The number of hydrogen-bond donors (Lipinski definition) is 2. The Bertz CT molecular complexity index is 385. The molecule has 6 nitrogen and oxygen atoms in total. The molecule has 0 atom stereocenters. The van der Waals surface area contributed by atoms with E-state index in [1.54, 1.807) is 19.2 Å². The number of nitrogens with one attached hydrogen (secondary N) is 1. The van der Waals surface area contributed by atoms with Crippen molar-refractivity contribution in [2.24, 2.45) is 5.84 Å². The predicted molar refractivity (Wildman–Crippen MR) is 50.2 cm³/mol. The van der Waals surface area contributed by atoms with Crippen molar-refractivity contribution in [3.05, 3.63) is 28.4 Å². The predicted octanol–water partition coefficient (Wildman–Crippen LogP) is -1.07. The Morgan fingerprint density at radius 3 is 3.00 bits per heavy atom. The van der Waals surface area contributed by atoms with E-state index < -0.39 is 0 Å². The molecule has 0 bridgehead atoms. The molecule has 0 spiro atoms. The summed E-state index contributed by atoms with van der Waals surface area (Å²) in [5.41, 5.74) is 2.30. The number of carbonyl (C=O) groups excluding carboxylic acids is 1. The van der Waals surface area contributed by atoms with Crippen molar-refractivity contribution in [3.63, 3.8) is 0 Å². The van der Waals surface area contributed by atoms with Crippen LogP contribution in [0.2, 0.25) is 0 Å². The zero-order valence-electron chi connectivity index (χ0n) is 7.86. The summed E-state index contributed by atoms with van der Waals surface area (Å²) in [5, 5.41) is 0. The number of nitrogens with zero attached hydrogens (tertiary/aromatic N) is 2. The van der Waals surface area contributed by atoms with Crippen molar-refractivity contribution < 1.29 is 4.79 Å². The summed E-state index contributed by atoms with van der Waals surface area (Å²) in [6, 6.07) is 1.71. The summed E-state index contributed by atoms with van der Waals surface area (Å²) in [4.78, 5) is 25.7. The molecule has 0 unspecified atom stereocenters. The lowest BCUT2D eigenvalue weighted by Crippen LogP contribution is -2.32.